The molecular weight excluding hydrogens is 286 g/mol. The van der Waals surface area contributed by atoms with E-state index in [0.29, 0.717) is 6.04 Å². The van der Waals surface area contributed by atoms with Gasteiger partial charge in [0.25, 0.3) is 0 Å². The van der Waals surface area contributed by atoms with Crippen LogP contribution in [-0.2, 0) is 11.3 Å². The van der Waals surface area contributed by atoms with Crippen LogP contribution in [0.15, 0.2) is 18.3 Å². The average molecular weight is 317 g/mol. The maximum Gasteiger partial charge on any atom is 0.128 e. The fourth-order valence-electron chi connectivity index (χ4n) is 3.82. The molecule has 0 radical (unpaired) electrons. The van der Waals surface area contributed by atoms with E-state index < -0.39 is 0 Å². The third-order valence-corrected chi connectivity index (χ3v) is 5.00. The van der Waals surface area contributed by atoms with E-state index in [-0.39, 0.29) is 12.2 Å². The smallest absolute Gasteiger partial charge is 0.128 e. The summed E-state index contributed by atoms with van der Waals surface area (Å²) in [5.74, 6) is 1.07. The number of rotatable bonds is 4. The molecule has 1 aliphatic heterocycles. The van der Waals surface area contributed by atoms with E-state index in [1.165, 1.54) is 44.1 Å². The van der Waals surface area contributed by atoms with Gasteiger partial charge in [-0.05, 0) is 38.3 Å². The molecule has 2 unspecified atom stereocenters. The summed E-state index contributed by atoms with van der Waals surface area (Å²) in [5.41, 5.74) is 1.28. The summed E-state index contributed by atoms with van der Waals surface area (Å²) < 4.78 is 5.80. The minimum atomic E-state index is 0.275. The summed E-state index contributed by atoms with van der Waals surface area (Å²) in [6, 6.07) is 5.07. The molecule has 4 nitrogen and oxygen atoms in total. The molecule has 0 aromatic carbocycles. The molecule has 0 spiro atoms. The molecule has 2 aliphatic rings. The number of hydrogen-bond donors (Lipinski definition) is 1. The Morgan fingerprint density at radius 2 is 1.78 bits per heavy atom. The lowest BCUT2D eigenvalue weighted by Gasteiger charge is -2.36. The van der Waals surface area contributed by atoms with Gasteiger partial charge in [0.1, 0.15) is 5.82 Å². The number of pyridine rings is 1. The molecular formula is C19H31N3O. The Kier molecular flexibility index (Phi) is 5.90. The van der Waals surface area contributed by atoms with Gasteiger partial charge >= 0.3 is 0 Å². The van der Waals surface area contributed by atoms with Crippen molar-refractivity contribution in [1.82, 2.24) is 10.3 Å². The maximum absolute atomic E-state index is 5.80. The lowest BCUT2D eigenvalue weighted by Crippen LogP contribution is -2.45. The normalized spacial score (nSPS) is 27.0. The largest absolute Gasteiger partial charge is 0.372 e. The van der Waals surface area contributed by atoms with E-state index in [4.69, 9.17) is 4.74 Å². The second-order valence-electron chi connectivity index (χ2n) is 7.26. The van der Waals surface area contributed by atoms with E-state index in [9.17, 15) is 0 Å². The van der Waals surface area contributed by atoms with Gasteiger partial charge in [0, 0.05) is 31.9 Å². The third-order valence-electron chi connectivity index (χ3n) is 5.00. The van der Waals surface area contributed by atoms with Gasteiger partial charge in [-0.3, -0.25) is 0 Å². The van der Waals surface area contributed by atoms with Crippen molar-refractivity contribution in [1.29, 1.82) is 0 Å². The number of nitrogens with one attached hydrogen (secondary N) is 1. The SMILES string of the molecule is CC1CN(c2ccc(CNC3CCCCCC3)cn2)CC(C)O1. The second kappa shape index (κ2) is 8.11. The first-order valence-corrected chi connectivity index (χ1v) is 9.29. The molecule has 1 saturated heterocycles. The maximum atomic E-state index is 5.80. The Balaban J connectivity index is 1.52. The van der Waals surface area contributed by atoms with E-state index in [1.807, 2.05) is 6.20 Å². The van der Waals surface area contributed by atoms with Crippen molar-refractivity contribution in [3.05, 3.63) is 23.9 Å². The number of anilines is 1. The highest BCUT2D eigenvalue weighted by Gasteiger charge is 2.23. The summed E-state index contributed by atoms with van der Waals surface area (Å²) >= 11 is 0. The molecule has 2 heterocycles. The Labute approximate surface area is 140 Å². The van der Waals surface area contributed by atoms with E-state index in [0.717, 1.165) is 25.5 Å². The van der Waals surface area contributed by atoms with Gasteiger partial charge in [-0.25, -0.2) is 4.98 Å². The van der Waals surface area contributed by atoms with Crippen LogP contribution < -0.4 is 10.2 Å². The van der Waals surface area contributed by atoms with Crippen LogP contribution >= 0.6 is 0 Å². The highest BCUT2D eigenvalue weighted by atomic mass is 16.5. The van der Waals surface area contributed by atoms with E-state index >= 15 is 0 Å². The molecule has 4 heteroatoms. The first-order valence-electron chi connectivity index (χ1n) is 9.29. The fourth-order valence-corrected chi connectivity index (χ4v) is 3.82. The zero-order valence-corrected chi connectivity index (χ0v) is 14.6. The van der Waals surface area contributed by atoms with Crippen LogP contribution in [-0.4, -0.2) is 36.3 Å². The zero-order valence-electron chi connectivity index (χ0n) is 14.6. The molecule has 3 rings (SSSR count). The number of morpholine rings is 1. The van der Waals surface area contributed by atoms with Gasteiger partial charge in [0.2, 0.25) is 0 Å². The molecule has 0 amide bonds. The predicted octanol–water partition coefficient (Wildman–Crippen LogP) is 3.51. The zero-order chi connectivity index (χ0) is 16.1. The van der Waals surface area contributed by atoms with E-state index in [2.05, 4.69) is 41.2 Å². The molecule has 128 valence electrons. The van der Waals surface area contributed by atoms with Crippen molar-refractivity contribution in [2.75, 3.05) is 18.0 Å². The summed E-state index contributed by atoms with van der Waals surface area (Å²) in [6.07, 6.45) is 10.8. The number of aromatic nitrogens is 1. The van der Waals surface area contributed by atoms with Gasteiger partial charge in [-0.1, -0.05) is 31.7 Å². The van der Waals surface area contributed by atoms with Gasteiger partial charge in [0.05, 0.1) is 12.2 Å². The topological polar surface area (TPSA) is 37.4 Å². The third kappa shape index (κ3) is 4.92. The van der Waals surface area contributed by atoms with Crippen LogP contribution in [0.2, 0.25) is 0 Å². The first kappa shape index (κ1) is 16.7. The fraction of sp³-hybridized carbons (Fsp3) is 0.737. The molecule has 2 fully saturated rings. The van der Waals surface area contributed by atoms with Crippen LogP contribution in [0, 0.1) is 0 Å². The second-order valence-corrected chi connectivity index (χ2v) is 7.26. The van der Waals surface area contributed by atoms with E-state index in [1.54, 1.807) is 0 Å². The van der Waals surface area contributed by atoms with Crippen molar-refractivity contribution in [2.45, 2.75) is 77.2 Å². The van der Waals surface area contributed by atoms with Crippen molar-refractivity contribution in [2.24, 2.45) is 0 Å². The van der Waals surface area contributed by atoms with Gasteiger partial charge in [-0.15, -0.1) is 0 Å². The van der Waals surface area contributed by atoms with Crippen molar-refractivity contribution >= 4 is 5.82 Å². The van der Waals surface area contributed by atoms with Gasteiger partial charge < -0.3 is 15.0 Å². The summed E-state index contributed by atoms with van der Waals surface area (Å²) in [7, 11) is 0. The minimum absolute atomic E-state index is 0.275. The molecule has 1 N–H and O–H groups in total. The average Bonchev–Trinajstić information content (AvgIpc) is 2.81. The minimum Gasteiger partial charge on any atom is -0.372 e. The monoisotopic (exact) mass is 317 g/mol. The highest BCUT2D eigenvalue weighted by Crippen LogP contribution is 2.20. The molecule has 1 aromatic heterocycles. The summed E-state index contributed by atoms with van der Waals surface area (Å²) in [6.45, 7) is 7.06. The lowest BCUT2D eigenvalue weighted by molar-refractivity contribution is -0.00545. The van der Waals surface area contributed by atoms with Crippen molar-refractivity contribution < 1.29 is 4.74 Å². The highest BCUT2D eigenvalue weighted by molar-refractivity contribution is 5.40. The van der Waals surface area contributed by atoms with Crippen molar-refractivity contribution in [3.8, 4) is 0 Å². The van der Waals surface area contributed by atoms with Gasteiger partial charge in [-0.2, -0.15) is 0 Å². The first-order chi connectivity index (χ1) is 11.2. The Bertz CT molecular complexity index is 458. The quantitative estimate of drug-likeness (QED) is 0.862. The number of nitrogens with zero attached hydrogens (tertiary/aromatic N) is 2. The van der Waals surface area contributed by atoms with Crippen LogP contribution in [0.4, 0.5) is 5.82 Å². The molecule has 1 aromatic rings. The number of ether oxygens (including phenoxy) is 1. The predicted molar refractivity (Wildman–Crippen MR) is 94.8 cm³/mol. The standard InChI is InChI=1S/C19H31N3O/c1-15-13-22(14-16(2)23-15)19-10-9-17(12-21-19)11-20-18-7-5-3-4-6-8-18/h9-10,12,15-16,18,20H,3-8,11,13-14H2,1-2H3. The summed E-state index contributed by atoms with van der Waals surface area (Å²) in [5, 5.41) is 3.72. The van der Waals surface area contributed by atoms with Crippen LogP contribution in [0.5, 0.6) is 0 Å². The molecule has 1 saturated carbocycles. The molecule has 1 aliphatic carbocycles. The summed E-state index contributed by atoms with van der Waals surface area (Å²) in [4.78, 5) is 7.02. The lowest BCUT2D eigenvalue weighted by atomic mass is 10.1. The van der Waals surface area contributed by atoms with Gasteiger partial charge in [0.15, 0.2) is 0 Å². The Morgan fingerprint density at radius 3 is 2.39 bits per heavy atom. The molecule has 23 heavy (non-hydrogen) atoms. The van der Waals surface area contributed by atoms with Crippen LogP contribution in [0.25, 0.3) is 0 Å². The molecule has 2 atom stereocenters. The number of hydrogen-bond acceptors (Lipinski definition) is 4. The molecule has 0 bridgehead atoms. The Hall–Kier alpha value is -1.13. The van der Waals surface area contributed by atoms with Crippen LogP contribution in [0.3, 0.4) is 0 Å². The Morgan fingerprint density at radius 1 is 1.09 bits per heavy atom. The van der Waals surface area contributed by atoms with Crippen LogP contribution in [0.1, 0.15) is 57.9 Å². The van der Waals surface area contributed by atoms with Crippen molar-refractivity contribution in [3.63, 3.8) is 0 Å².